The van der Waals surface area contributed by atoms with Crippen LogP contribution in [0.1, 0.15) is 38.1 Å². The van der Waals surface area contributed by atoms with Gasteiger partial charge >= 0.3 is 6.36 Å². The molecule has 140 valence electrons. The largest absolute Gasteiger partial charge is 0.573 e. The van der Waals surface area contributed by atoms with Crippen molar-refractivity contribution in [3.05, 3.63) is 29.8 Å². The zero-order valence-corrected chi connectivity index (χ0v) is 15.4. The van der Waals surface area contributed by atoms with Gasteiger partial charge in [0, 0.05) is 0 Å². The molecule has 0 bridgehead atoms. The van der Waals surface area contributed by atoms with Gasteiger partial charge in [-0.1, -0.05) is 32.9 Å². The van der Waals surface area contributed by atoms with Gasteiger partial charge in [0.1, 0.15) is 11.1 Å². The molecule has 0 aromatic heterocycles. The SMILES string of the molecule is CCC(N(CC)CC)N1C(=O)CSC1c1cccc(OC(F)(F)F)c1. The lowest BCUT2D eigenvalue weighted by molar-refractivity contribution is -0.274. The molecule has 1 aliphatic heterocycles. The van der Waals surface area contributed by atoms with Crippen LogP contribution in [-0.2, 0) is 4.79 Å². The molecule has 8 heteroatoms. The number of carbonyl (C=O) groups excluding carboxylic acids is 1. The Morgan fingerprint density at radius 3 is 2.56 bits per heavy atom. The molecule has 1 aromatic rings. The lowest BCUT2D eigenvalue weighted by Crippen LogP contribution is -2.49. The summed E-state index contributed by atoms with van der Waals surface area (Å²) in [6, 6.07) is 5.90. The number of hydrogen-bond acceptors (Lipinski definition) is 4. The molecule has 1 fully saturated rings. The Hall–Kier alpha value is -1.41. The average molecular weight is 376 g/mol. The van der Waals surface area contributed by atoms with Crippen LogP contribution in [0.25, 0.3) is 0 Å². The number of nitrogens with zero attached hydrogens (tertiary/aromatic N) is 2. The molecule has 0 spiro atoms. The van der Waals surface area contributed by atoms with Crippen molar-refractivity contribution < 1.29 is 22.7 Å². The zero-order chi connectivity index (χ0) is 18.6. The summed E-state index contributed by atoms with van der Waals surface area (Å²) >= 11 is 1.43. The highest BCUT2D eigenvalue weighted by atomic mass is 32.2. The van der Waals surface area contributed by atoms with Crippen molar-refractivity contribution in [2.45, 2.75) is 45.1 Å². The van der Waals surface area contributed by atoms with Crippen LogP contribution in [0.2, 0.25) is 0 Å². The standard InChI is InChI=1S/C17H23F3N2O2S/c1-4-14(21(5-2)6-3)22-15(23)11-25-16(22)12-8-7-9-13(10-12)24-17(18,19)20/h7-10,14,16H,4-6,11H2,1-3H3. The molecular weight excluding hydrogens is 353 g/mol. The minimum Gasteiger partial charge on any atom is -0.406 e. The fourth-order valence-corrected chi connectivity index (χ4v) is 4.36. The van der Waals surface area contributed by atoms with E-state index < -0.39 is 6.36 Å². The summed E-state index contributed by atoms with van der Waals surface area (Å²) < 4.78 is 41.4. The quantitative estimate of drug-likeness (QED) is 0.713. The summed E-state index contributed by atoms with van der Waals surface area (Å²) in [5.41, 5.74) is 0.642. The maximum absolute atomic E-state index is 12.5. The van der Waals surface area contributed by atoms with Gasteiger partial charge in [0.25, 0.3) is 0 Å². The molecule has 0 saturated carbocycles. The Balaban J connectivity index is 2.30. The van der Waals surface area contributed by atoms with Gasteiger partial charge in [-0.05, 0) is 37.2 Å². The van der Waals surface area contributed by atoms with Crippen LogP contribution in [0.4, 0.5) is 13.2 Å². The predicted molar refractivity (Wildman–Crippen MR) is 92.2 cm³/mol. The maximum atomic E-state index is 12.5. The van der Waals surface area contributed by atoms with Crippen LogP contribution < -0.4 is 4.74 Å². The number of hydrogen-bond donors (Lipinski definition) is 0. The van der Waals surface area contributed by atoms with Gasteiger partial charge < -0.3 is 9.64 Å². The van der Waals surface area contributed by atoms with Crippen molar-refractivity contribution in [3.8, 4) is 5.75 Å². The highest BCUT2D eigenvalue weighted by Crippen LogP contribution is 2.42. The maximum Gasteiger partial charge on any atom is 0.573 e. The monoisotopic (exact) mass is 376 g/mol. The Labute approximate surface area is 150 Å². The Kier molecular flexibility index (Phi) is 6.62. The zero-order valence-electron chi connectivity index (χ0n) is 14.5. The molecule has 4 nitrogen and oxygen atoms in total. The van der Waals surface area contributed by atoms with Crippen molar-refractivity contribution in [2.24, 2.45) is 0 Å². The molecule has 0 radical (unpaired) electrons. The highest BCUT2D eigenvalue weighted by Gasteiger charge is 2.39. The van der Waals surface area contributed by atoms with E-state index in [0.29, 0.717) is 11.3 Å². The lowest BCUT2D eigenvalue weighted by atomic mass is 10.1. The summed E-state index contributed by atoms with van der Waals surface area (Å²) in [4.78, 5) is 16.5. The van der Waals surface area contributed by atoms with Gasteiger partial charge in [-0.3, -0.25) is 9.69 Å². The fourth-order valence-electron chi connectivity index (χ4n) is 3.16. The second-order valence-corrected chi connectivity index (χ2v) is 6.76. The Morgan fingerprint density at radius 2 is 2.00 bits per heavy atom. The second-order valence-electron chi connectivity index (χ2n) is 5.69. The van der Waals surface area contributed by atoms with E-state index in [1.54, 1.807) is 11.0 Å². The Bertz CT molecular complexity index is 594. The van der Waals surface area contributed by atoms with Crippen molar-refractivity contribution in [1.29, 1.82) is 0 Å². The summed E-state index contributed by atoms with van der Waals surface area (Å²) in [5, 5.41) is -0.310. The molecule has 1 aliphatic rings. The van der Waals surface area contributed by atoms with E-state index in [2.05, 4.69) is 9.64 Å². The van der Waals surface area contributed by atoms with Crippen LogP contribution >= 0.6 is 11.8 Å². The van der Waals surface area contributed by atoms with Crippen LogP contribution in [0.5, 0.6) is 5.75 Å². The minimum absolute atomic E-state index is 0.0101. The Morgan fingerprint density at radius 1 is 1.32 bits per heavy atom. The van der Waals surface area contributed by atoms with E-state index in [4.69, 9.17) is 0 Å². The van der Waals surface area contributed by atoms with Crippen molar-refractivity contribution >= 4 is 17.7 Å². The number of carbonyl (C=O) groups is 1. The van der Waals surface area contributed by atoms with E-state index in [9.17, 15) is 18.0 Å². The number of thioether (sulfide) groups is 1. The first-order valence-corrected chi connectivity index (χ1v) is 9.38. The third-order valence-corrected chi connectivity index (χ3v) is 5.43. The normalized spacial score (nSPS) is 19.6. The molecule has 0 aliphatic carbocycles. The van der Waals surface area contributed by atoms with Gasteiger partial charge in [-0.15, -0.1) is 24.9 Å². The number of benzene rings is 1. The third-order valence-electron chi connectivity index (χ3n) is 4.20. The van der Waals surface area contributed by atoms with E-state index in [-0.39, 0.29) is 23.2 Å². The van der Waals surface area contributed by atoms with Crippen LogP contribution in [0.3, 0.4) is 0 Å². The summed E-state index contributed by atoms with van der Waals surface area (Å²) in [5.74, 6) is 0.0731. The number of rotatable bonds is 7. The van der Waals surface area contributed by atoms with Gasteiger partial charge in [-0.2, -0.15) is 0 Å². The van der Waals surface area contributed by atoms with Crippen molar-refractivity contribution in [1.82, 2.24) is 9.80 Å². The van der Waals surface area contributed by atoms with Gasteiger partial charge in [-0.25, -0.2) is 0 Å². The smallest absolute Gasteiger partial charge is 0.406 e. The molecule has 2 atom stereocenters. The predicted octanol–water partition coefficient (Wildman–Crippen LogP) is 4.24. The summed E-state index contributed by atoms with van der Waals surface area (Å²) in [6.07, 6.45) is -4.05. The molecule has 25 heavy (non-hydrogen) atoms. The summed E-state index contributed by atoms with van der Waals surface area (Å²) in [7, 11) is 0. The van der Waals surface area contributed by atoms with Crippen molar-refractivity contribution in [3.63, 3.8) is 0 Å². The molecule has 1 saturated heterocycles. The average Bonchev–Trinajstić information content (AvgIpc) is 2.92. The number of amides is 1. The van der Waals surface area contributed by atoms with Crippen LogP contribution in [-0.4, -0.2) is 47.1 Å². The van der Waals surface area contributed by atoms with E-state index in [1.165, 1.54) is 30.0 Å². The molecular formula is C17H23F3N2O2S. The van der Waals surface area contributed by atoms with Gasteiger partial charge in [0.05, 0.1) is 11.9 Å². The molecule has 2 unspecified atom stereocenters. The second kappa shape index (κ2) is 8.31. The molecule has 2 rings (SSSR count). The number of ether oxygens (including phenoxy) is 1. The molecule has 1 amide bonds. The highest BCUT2D eigenvalue weighted by molar-refractivity contribution is 8.00. The van der Waals surface area contributed by atoms with Crippen LogP contribution in [0.15, 0.2) is 24.3 Å². The topological polar surface area (TPSA) is 32.8 Å². The molecule has 1 aromatic carbocycles. The molecule has 1 heterocycles. The molecule has 0 N–H and O–H groups in total. The first-order valence-electron chi connectivity index (χ1n) is 8.33. The fraction of sp³-hybridized carbons (Fsp3) is 0.588. The number of alkyl halides is 3. The lowest BCUT2D eigenvalue weighted by Gasteiger charge is -2.39. The van der Waals surface area contributed by atoms with Gasteiger partial charge in [0.2, 0.25) is 5.91 Å². The first-order chi connectivity index (χ1) is 11.8. The number of halogens is 3. The minimum atomic E-state index is -4.73. The third kappa shape index (κ3) is 4.82. The van der Waals surface area contributed by atoms with Gasteiger partial charge in [0.15, 0.2) is 0 Å². The van der Waals surface area contributed by atoms with E-state index in [1.807, 2.05) is 20.8 Å². The first kappa shape index (κ1) is 19.9. The van der Waals surface area contributed by atoms with Crippen LogP contribution in [0, 0.1) is 0 Å². The van der Waals surface area contributed by atoms with Crippen molar-refractivity contribution in [2.75, 3.05) is 18.8 Å². The van der Waals surface area contributed by atoms with E-state index >= 15 is 0 Å². The summed E-state index contributed by atoms with van der Waals surface area (Å²) in [6.45, 7) is 7.68. The van der Waals surface area contributed by atoms with E-state index in [0.717, 1.165) is 19.5 Å².